The van der Waals surface area contributed by atoms with E-state index in [1.54, 1.807) is 19.1 Å². The molecule has 1 amide bonds. The molecule has 0 aliphatic heterocycles. The van der Waals surface area contributed by atoms with Crippen molar-refractivity contribution in [3.63, 3.8) is 0 Å². The predicted octanol–water partition coefficient (Wildman–Crippen LogP) is 0.888. The number of carbonyl (C=O) groups is 1. The maximum absolute atomic E-state index is 11.0. The average Bonchev–Trinajstić information content (AvgIpc) is 2.09. The summed E-state index contributed by atoms with van der Waals surface area (Å²) < 4.78 is 5.15. The number of aromatic nitrogens is 1. The van der Waals surface area contributed by atoms with E-state index < -0.39 is 6.09 Å². The minimum Gasteiger partial charge on any atom is -0.711 e. The molecule has 1 aromatic heterocycles. The van der Waals surface area contributed by atoms with Gasteiger partial charge in [-0.1, -0.05) is 6.07 Å². The molecule has 0 bridgehead atoms. The van der Waals surface area contributed by atoms with Gasteiger partial charge in [-0.15, -0.1) is 0 Å². The highest BCUT2D eigenvalue weighted by molar-refractivity contribution is 5.82. The molecule has 5 nitrogen and oxygen atoms in total. The Hall–Kier alpha value is -1.78. The van der Waals surface area contributed by atoms with Crippen molar-refractivity contribution in [2.24, 2.45) is 0 Å². The highest BCUT2D eigenvalue weighted by Crippen LogP contribution is 1.97. The number of carbonyl (C=O) groups excluding carboxylic acids is 1. The minimum absolute atomic E-state index is 0.154. The van der Waals surface area contributed by atoms with Gasteiger partial charge in [0.05, 0.1) is 12.8 Å². The summed E-state index contributed by atoms with van der Waals surface area (Å²) in [6, 6.07) is 4.71. The molecule has 1 N–H and O–H groups in total. The number of pyridine rings is 1. The zero-order valence-electron chi connectivity index (χ0n) is 7.19. The molecule has 0 fully saturated rings. The average molecular weight is 182 g/mol. The zero-order valence-corrected chi connectivity index (χ0v) is 7.19. The molecular weight excluding hydrogens is 172 g/mol. The van der Waals surface area contributed by atoms with Crippen molar-refractivity contribution >= 4 is 11.9 Å². The predicted molar refractivity (Wildman–Crippen MR) is 46.0 cm³/mol. The molecule has 0 saturated carbocycles. The molecule has 5 heteroatoms. The maximum atomic E-state index is 11.0. The highest BCUT2D eigenvalue weighted by Gasteiger charge is 2.10. The van der Waals surface area contributed by atoms with E-state index in [4.69, 9.17) is 0 Å². The number of rotatable bonds is 2. The molecular formula is C8H10N2O3. The maximum Gasteiger partial charge on any atom is 0.504 e. The standard InChI is InChI=1S/C8H10N2O3/c1-2-13-8(11)9-7-5-3-4-6-10(7)12/h3-6H,2H2,1H3,(H,9,11). The van der Waals surface area contributed by atoms with Gasteiger partial charge in [0.25, 0.3) is 5.82 Å². The Morgan fingerprint density at radius 1 is 1.69 bits per heavy atom. The van der Waals surface area contributed by atoms with Gasteiger partial charge in [-0.25, -0.2) is 4.73 Å². The van der Waals surface area contributed by atoms with E-state index in [0.29, 0.717) is 4.73 Å². The summed E-state index contributed by atoms with van der Waals surface area (Å²) in [5, 5.41) is 13.3. The lowest BCUT2D eigenvalue weighted by Crippen LogP contribution is -2.32. The molecule has 1 rings (SSSR count). The van der Waals surface area contributed by atoms with E-state index in [-0.39, 0.29) is 12.4 Å². The zero-order chi connectivity index (χ0) is 9.68. The second-order valence-electron chi connectivity index (χ2n) is 2.26. The van der Waals surface area contributed by atoms with Gasteiger partial charge in [0.1, 0.15) is 0 Å². The normalized spacial score (nSPS) is 9.31. The Balaban J connectivity index is 2.63. The molecule has 0 atom stereocenters. The van der Waals surface area contributed by atoms with Crippen molar-refractivity contribution in [1.29, 1.82) is 0 Å². The van der Waals surface area contributed by atoms with Crippen molar-refractivity contribution in [3.05, 3.63) is 29.6 Å². The SMILES string of the molecule is CCOC(=O)Nc1cccc[n+]1[O-]. The van der Waals surface area contributed by atoms with Crippen molar-refractivity contribution < 1.29 is 14.3 Å². The van der Waals surface area contributed by atoms with Gasteiger partial charge in [0.2, 0.25) is 0 Å². The molecule has 70 valence electrons. The number of hydrogen-bond acceptors (Lipinski definition) is 3. The van der Waals surface area contributed by atoms with Crippen molar-refractivity contribution in [2.75, 3.05) is 11.9 Å². The first-order valence-electron chi connectivity index (χ1n) is 3.86. The van der Waals surface area contributed by atoms with Crippen LogP contribution in [0.2, 0.25) is 0 Å². The molecule has 0 spiro atoms. The van der Waals surface area contributed by atoms with E-state index >= 15 is 0 Å². The van der Waals surface area contributed by atoms with Crippen LogP contribution < -0.4 is 10.0 Å². The first-order valence-corrected chi connectivity index (χ1v) is 3.86. The monoisotopic (exact) mass is 182 g/mol. The van der Waals surface area contributed by atoms with Crippen LogP contribution in [-0.2, 0) is 4.74 Å². The Bertz CT molecular complexity index is 301. The van der Waals surface area contributed by atoms with E-state index in [1.807, 2.05) is 0 Å². The van der Waals surface area contributed by atoms with Gasteiger partial charge in [0, 0.05) is 6.07 Å². The molecule has 1 heterocycles. The smallest absolute Gasteiger partial charge is 0.504 e. The molecule has 0 saturated heterocycles. The fraction of sp³-hybridized carbons (Fsp3) is 0.250. The summed E-state index contributed by atoms with van der Waals surface area (Å²) in [6.07, 6.45) is 0.667. The number of ether oxygens (including phenoxy) is 1. The van der Waals surface area contributed by atoms with E-state index in [9.17, 15) is 10.0 Å². The van der Waals surface area contributed by atoms with Crippen molar-refractivity contribution in [3.8, 4) is 0 Å². The summed E-state index contributed by atoms with van der Waals surface area (Å²) in [4.78, 5) is 10.9. The van der Waals surface area contributed by atoms with Gasteiger partial charge >= 0.3 is 6.09 Å². The van der Waals surface area contributed by atoms with Crippen LogP contribution in [0.1, 0.15) is 6.92 Å². The third-order valence-corrected chi connectivity index (χ3v) is 1.33. The molecule has 13 heavy (non-hydrogen) atoms. The van der Waals surface area contributed by atoms with Gasteiger partial charge in [-0.2, -0.15) is 10.1 Å². The summed E-state index contributed by atoms with van der Waals surface area (Å²) >= 11 is 0. The lowest BCUT2D eigenvalue weighted by Gasteiger charge is -2.05. The molecule has 0 radical (unpaired) electrons. The van der Waals surface area contributed by atoms with E-state index in [2.05, 4.69) is 10.1 Å². The summed E-state index contributed by atoms with van der Waals surface area (Å²) in [6.45, 7) is 1.97. The van der Waals surface area contributed by atoms with Crippen LogP contribution in [0.25, 0.3) is 0 Å². The van der Waals surface area contributed by atoms with Crippen LogP contribution in [-0.4, -0.2) is 12.7 Å². The van der Waals surface area contributed by atoms with Crippen LogP contribution in [0.5, 0.6) is 0 Å². The molecule has 0 unspecified atom stereocenters. The lowest BCUT2D eigenvalue weighted by atomic mass is 10.5. The van der Waals surface area contributed by atoms with Crippen LogP contribution in [0.4, 0.5) is 10.6 Å². The van der Waals surface area contributed by atoms with E-state index in [0.717, 1.165) is 0 Å². The number of hydrogen-bond donors (Lipinski definition) is 1. The first-order chi connectivity index (χ1) is 6.24. The lowest BCUT2D eigenvalue weighted by molar-refractivity contribution is -0.590. The van der Waals surface area contributed by atoms with Crippen molar-refractivity contribution in [1.82, 2.24) is 0 Å². The van der Waals surface area contributed by atoms with E-state index in [1.165, 1.54) is 12.3 Å². The largest absolute Gasteiger partial charge is 0.711 e. The third kappa shape index (κ3) is 2.62. The molecule has 0 aliphatic carbocycles. The van der Waals surface area contributed by atoms with Gasteiger partial charge in [-0.3, -0.25) is 0 Å². The second-order valence-corrected chi connectivity index (χ2v) is 2.26. The van der Waals surface area contributed by atoms with Gasteiger partial charge in [-0.05, 0) is 13.0 Å². The van der Waals surface area contributed by atoms with Crippen LogP contribution in [0.3, 0.4) is 0 Å². The highest BCUT2D eigenvalue weighted by atomic mass is 16.5. The third-order valence-electron chi connectivity index (χ3n) is 1.33. The first kappa shape index (κ1) is 9.31. The van der Waals surface area contributed by atoms with Gasteiger partial charge in [0.15, 0.2) is 0 Å². The van der Waals surface area contributed by atoms with Gasteiger partial charge < -0.3 is 9.94 Å². The van der Waals surface area contributed by atoms with Crippen LogP contribution in [0, 0.1) is 5.21 Å². The Labute approximate surface area is 75.5 Å². The van der Waals surface area contributed by atoms with Crippen LogP contribution >= 0.6 is 0 Å². The fourth-order valence-electron chi connectivity index (χ4n) is 0.797. The Morgan fingerprint density at radius 2 is 2.46 bits per heavy atom. The fourth-order valence-corrected chi connectivity index (χ4v) is 0.797. The molecule has 0 aliphatic rings. The van der Waals surface area contributed by atoms with Crippen molar-refractivity contribution in [2.45, 2.75) is 6.92 Å². The topological polar surface area (TPSA) is 65.3 Å². The quantitative estimate of drug-likeness (QED) is 0.545. The number of anilines is 1. The summed E-state index contributed by atoms with van der Waals surface area (Å²) in [5.74, 6) is 0.154. The Morgan fingerprint density at radius 3 is 3.08 bits per heavy atom. The number of amides is 1. The van der Waals surface area contributed by atoms with Crippen LogP contribution in [0.15, 0.2) is 24.4 Å². The minimum atomic E-state index is -0.627. The summed E-state index contributed by atoms with van der Waals surface area (Å²) in [7, 11) is 0. The summed E-state index contributed by atoms with van der Waals surface area (Å²) in [5.41, 5.74) is 0. The number of nitrogens with zero attached hydrogens (tertiary/aromatic N) is 1. The Kier molecular flexibility index (Phi) is 3.08. The molecule has 0 aromatic carbocycles. The number of nitrogens with one attached hydrogen (secondary N) is 1. The molecule has 1 aromatic rings. The second kappa shape index (κ2) is 4.30.